The Morgan fingerprint density at radius 3 is 2.23 bits per heavy atom. The molecule has 0 radical (unpaired) electrons. The van der Waals surface area contributed by atoms with E-state index in [1.807, 2.05) is 6.08 Å². The van der Waals surface area contributed by atoms with Gasteiger partial charge in [-0.15, -0.1) is 0 Å². The van der Waals surface area contributed by atoms with Gasteiger partial charge in [-0.3, -0.25) is 4.90 Å². The van der Waals surface area contributed by atoms with Crippen molar-refractivity contribution >= 4 is 9.84 Å². The van der Waals surface area contributed by atoms with Crippen LogP contribution >= 0.6 is 0 Å². The van der Waals surface area contributed by atoms with E-state index in [4.69, 9.17) is 9.47 Å². The van der Waals surface area contributed by atoms with Gasteiger partial charge in [0.25, 0.3) is 0 Å². The second-order valence-electron chi connectivity index (χ2n) is 8.02. The molecule has 5 nitrogen and oxygen atoms in total. The molecule has 0 bridgehead atoms. The van der Waals surface area contributed by atoms with Gasteiger partial charge in [-0.05, 0) is 61.2 Å². The maximum absolute atomic E-state index is 13.4. The predicted molar refractivity (Wildman–Crippen MR) is 113 cm³/mol. The third-order valence-electron chi connectivity index (χ3n) is 5.95. The van der Waals surface area contributed by atoms with Crippen LogP contribution in [0.5, 0.6) is 11.5 Å². The van der Waals surface area contributed by atoms with Crippen molar-refractivity contribution in [2.24, 2.45) is 5.92 Å². The average molecular weight is 450 g/mol. The summed E-state index contributed by atoms with van der Waals surface area (Å²) >= 11 is 0. The summed E-state index contributed by atoms with van der Waals surface area (Å²) < 4.78 is 63.5. The molecule has 4 rings (SSSR count). The van der Waals surface area contributed by atoms with E-state index in [0.29, 0.717) is 34.9 Å². The number of methoxy groups -OCH3 is 2. The maximum Gasteiger partial charge on any atom is 0.203 e. The quantitative estimate of drug-likeness (QED) is 0.688. The van der Waals surface area contributed by atoms with Crippen LogP contribution in [0.15, 0.2) is 46.2 Å². The lowest BCUT2D eigenvalue weighted by Gasteiger charge is -2.31. The molecule has 1 saturated heterocycles. The predicted octanol–water partition coefficient (Wildman–Crippen LogP) is 4.11. The van der Waals surface area contributed by atoms with Crippen LogP contribution < -0.4 is 9.47 Å². The molecular weight excluding hydrogens is 424 g/mol. The highest BCUT2D eigenvalue weighted by molar-refractivity contribution is 7.95. The fourth-order valence-electron chi connectivity index (χ4n) is 4.36. The van der Waals surface area contributed by atoms with Crippen molar-refractivity contribution in [1.29, 1.82) is 0 Å². The summed E-state index contributed by atoms with van der Waals surface area (Å²) in [5.41, 5.74) is 1.32. The molecule has 0 atom stereocenters. The van der Waals surface area contributed by atoms with Crippen molar-refractivity contribution < 1.29 is 26.7 Å². The number of allylic oxidation sites excluding steroid dienone is 2. The van der Waals surface area contributed by atoms with Crippen LogP contribution in [0.2, 0.25) is 0 Å². The van der Waals surface area contributed by atoms with E-state index in [9.17, 15) is 17.2 Å². The van der Waals surface area contributed by atoms with Crippen molar-refractivity contribution in [2.45, 2.75) is 30.7 Å². The smallest absolute Gasteiger partial charge is 0.203 e. The van der Waals surface area contributed by atoms with Gasteiger partial charge >= 0.3 is 0 Å². The Kier molecular flexibility index (Phi) is 6.03. The monoisotopic (exact) mass is 449 g/mol. The molecule has 166 valence electrons. The normalized spacial score (nSPS) is 20.1. The van der Waals surface area contributed by atoms with Gasteiger partial charge < -0.3 is 9.47 Å². The molecule has 2 heterocycles. The van der Waals surface area contributed by atoms with Gasteiger partial charge in [0.2, 0.25) is 9.84 Å². The molecule has 0 unspecified atom stereocenters. The number of rotatable bonds is 5. The summed E-state index contributed by atoms with van der Waals surface area (Å²) in [4.78, 5) is 2.84. The Balaban J connectivity index is 1.45. The van der Waals surface area contributed by atoms with Crippen LogP contribution in [0.25, 0.3) is 0 Å². The third kappa shape index (κ3) is 4.45. The lowest BCUT2D eigenvalue weighted by Crippen LogP contribution is -2.33. The SMILES string of the molecule is COc1cc2c(cc1OC)S(=O)(=O)C(=CC1CCN(Cc3cc(F)cc(F)c3)CC1)C2. The largest absolute Gasteiger partial charge is 0.493 e. The number of benzene rings is 2. The second-order valence-corrected chi connectivity index (χ2v) is 9.99. The minimum absolute atomic E-state index is 0.142. The lowest BCUT2D eigenvalue weighted by molar-refractivity contribution is 0.195. The Morgan fingerprint density at radius 2 is 1.61 bits per heavy atom. The summed E-state index contributed by atoms with van der Waals surface area (Å²) in [6.07, 6.45) is 3.81. The summed E-state index contributed by atoms with van der Waals surface area (Å²) in [5.74, 6) is -0.0980. The maximum atomic E-state index is 13.4. The highest BCUT2D eigenvalue weighted by Gasteiger charge is 2.34. The first-order valence-electron chi connectivity index (χ1n) is 10.2. The van der Waals surface area contributed by atoms with Crippen LogP contribution in [-0.2, 0) is 22.8 Å². The molecule has 0 saturated carbocycles. The van der Waals surface area contributed by atoms with Gasteiger partial charge in [0, 0.05) is 30.0 Å². The Bertz CT molecular complexity index is 1100. The molecule has 0 amide bonds. The van der Waals surface area contributed by atoms with Gasteiger partial charge in [0.05, 0.1) is 19.1 Å². The number of halogens is 2. The zero-order valence-corrected chi connectivity index (χ0v) is 18.3. The number of fused-ring (bicyclic) bond motifs is 1. The highest BCUT2D eigenvalue weighted by atomic mass is 32.2. The number of ether oxygens (including phenoxy) is 2. The first-order chi connectivity index (χ1) is 14.8. The third-order valence-corrected chi connectivity index (χ3v) is 7.88. The minimum Gasteiger partial charge on any atom is -0.493 e. The van der Waals surface area contributed by atoms with E-state index in [1.54, 1.807) is 6.07 Å². The number of nitrogens with zero attached hydrogens (tertiary/aromatic N) is 1. The van der Waals surface area contributed by atoms with E-state index in [-0.39, 0.29) is 10.8 Å². The Morgan fingerprint density at radius 1 is 1.00 bits per heavy atom. The fraction of sp³-hybridized carbons (Fsp3) is 0.391. The van der Waals surface area contributed by atoms with Gasteiger partial charge in [0.15, 0.2) is 11.5 Å². The summed E-state index contributed by atoms with van der Waals surface area (Å²) in [7, 11) is -0.541. The van der Waals surface area contributed by atoms with Gasteiger partial charge in [-0.2, -0.15) is 0 Å². The van der Waals surface area contributed by atoms with Crippen LogP contribution in [0, 0.1) is 17.6 Å². The molecule has 2 aromatic rings. The fourth-order valence-corrected chi connectivity index (χ4v) is 6.10. The summed E-state index contributed by atoms with van der Waals surface area (Å²) in [6, 6.07) is 6.83. The van der Waals surface area contributed by atoms with Gasteiger partial charge in [0.1, 0.15) is 11.6 Å². The first kappa shape index (κ1) is 21.8. The zero-order chi connectivity index (χ0) is 22.2. The van der Waals surface area contributed by atoms with Gasteiger partial charge in [-0.25, -0.2) is 17.2 Å². The highest BCUT2D eigenvalue weighted by Crippen LogP contribution is 2.41. The second kappa shape index (κ2) is 8.59. The van der Waals surface area contributed by atoms with E-state index in [1.165, 1.54) is 32.4 Å². The first-order valence-corrected chi connectivity index (χ1v) is 11.7. The Hall–Kier alpha value is -2.45. The average Bonchev–Trinajstić information content (AvgIpc) is 2.96. The minimum atomic E-state index is -3.55. The zero-order valence-electron chi connectivity index (χ0n) is 17.5. The molecule has 2 aliphatic rings. The molecule has 2 aromatic carbocycles. The van der Waals surface area contributed by atoms with Crippen molar-refractivity contribution in [3.8, 4) is 11.5 Å². The number of sulfone groups is 1. The van der Waals surface area contributed by atoms with E-state index in [2.05, 4.69) is 4.90 Å². The van der Waals surface area contributed by atoms with Crippen LogP contribution in [-0.4, -0.2) is 40.6 Å². The molecular formula is C23H25F2NO4S. The topological polar surface area (TPSA) is 55.8 Å². The summed E-state index contributed by atoms with van der Waals surface area (Å²) in [6.45, 7) is 1.95. The van der Waals surface area contributed by atoms with E-state index < -0.39 is 21.5 Å². The van der Waals surface area contributed by atoms with Gasteiger partial charge in [-0.1, -0.05) is 6.08 Å². The molecule has 1 fully saturated rings. The number of hydrogen-bond donors (Lipinski definition) is 0. The molecule has 31 heavy (non-hydrogen) atoms. The van der Waals surface area contributed by atoms with Crippen LogP contribution in [0.4, 0.5) is 8.78 Å². The number of likely N-dealkylation sites (tertiary alicyclic amines) is 1. The number of piperidine rings is 1. The standard InChI is InChI=1S/C23H25F2NO4S/c1-29-21-11-17-10-20(31(27,28)23(17)13-22(21)30-2)9-15-3-5-26(6-4-15)14-16-7-18(24)12-19(25)8-16/h7-9,11-13,15H,3-6,10,14H2,1-2H3. The molecule has 8 heteroatoms. The van der Waals surface area contributed by atoms with Crippen molar-refractivity contribution in [2.75, 3.05) is 27.3 Å². The molecule has 2 aliphatic heterocycles. The van der Waals surface area contributed by atoms with E-state index >= 15 is 0 Å². The summed E-state index contributed by atoms with van der Waals surface area (Å²) in [5, 5.41) is 0. The van der Waals surface area contributed by atoms with Crippen molar-refractivity contribution in [1.82, 2.24) is 4.90 Å². The Labute approximate surface area is 181 Å². The molecule has 0 N–H and O–H groups in total. The van der Waals surface area contributed by atoms with Crippen molar-refractivity contribution in [3.05, 3.63) is 64.1 Å². The van der Waals surface area contributed by atoms with Crippen LogP contribution in [0.1, 0.15) is 24.0 Å². The molecule has 0 aliphatic carbocycles. The van der Waals surface area contributed by atoms with Crippen molar-refractivity contribution in [3.63, 3.8) is 0 Å². The van der Waals surface area contributed by atoms with Crippen LogP contribution in [0.3, 0.4) is 0 Å². The lowest BCUT2D eigenvalue weighted by atomic mass is 9.95. The number of hydrogen-bond acceptors (Lipinski definition) is 5. The molecule has 0 aromatic heterocycles. The molecule has 0 spiro atoms. The van der Waals surface area contributed by atoms with E-state index in [0.717, 1.165) is 37.6 Å².